The van der Waals surface area contributed by atoms with Gasteiger partial charge in [-0.1, -0.05) is 41.9 Å². The van der Waals surface area contributed by atoms with Crippen LogP contribution in [0.1, 0.15) is 29.8 Å². The van der Waals surface area contributed by atoms with Gasteiger partial charge in [-0.15, -0.1) is 11.8 Å². The van der Waals surface area contributed by atoms with Crippen LogP contribution < -0.4 is 20.7 Å². The number of benzene rings is 4. The molecule has 0 fully saturated rings. The van der Waals surface area contributed by atoms with Gasteiger partial charge in [-0.05, 0) is 92.2 Å². The van der Waals surface area contributed by atoms with Crippen LogP contribution in [0, 0.1) is 5.82 Å². The average molecular weight is 618 g/mol. The van der Waals surface area contributed by atoms with Crippen molar-refractivity contribution in [1.29, 1.82) is 0 Å². The molecule has 7 nitrogen and oxygen atoms in total. The Balaban J connectivity index is 1.43. The fourth-order valence-corrected chi connectivity index (χ4v) is 4.87. The number of thioether (sulfide) groups is 1. The van der Waals surface area contributed by atoms with Gasteiger partial charge in [0.1, 0.15) is 17.3 Å². The molecule has 0 aliphatic rings. The van der Waals surface area contributed by atoms with Crippen LogP contribution in [0.15, 0.2) is 108 Å². The SMILES string of the molecule is CCOc1ccc(/C=C(\NC(=O)c2ccccc2)C(=O)Nc2ccc(SC(C)C(=O)Nc3ccc(F)c(Cl)c3)cc2)cc1. The minimum atomic E-state index is -0.563. The van der Waals surface area contributed by atoms with Gasteiger partial charge in [0.05, 0.1) is 16.9 Å². The van der Waals surface area contributed by atoms with Crippen LogP contribution in [0.2, 0.25) is 5.02 Å². The largest absolute Gasteiger partial charge is 0.494 e. The zero-order valence-corrected chi connectivity index (χ0v) is 25.0. The summed E-state index contributed by atoms with van der Waals surface area (Å²) >= 11 is 7.11. The molecular formula is C33H29ClFN3O4S. The predicted molar refractivity (Wildman–Crippen MR) is 170 cm³/mol. The number of rotatable bonds is 11. The molecule has 0 aliphatic carbocycles. The van der Waals surface area contributed by atoms with Crippen molar-refractivity contribution in [2.75, 3.05) is 17.2 Å². The minimum Gasteiger partial charge on any atom is -0.494 e. The van der Waals surface area contributed by atoms with Crippen molar-refractivity contribution in [2.45, 2.75) is 24.0 Å². The third-order valence-corrected chi connectivity index (χ3v) is 7.41. The van der Waals surface area contributed by atoms with Crippen LogP contribution in [-0.2, 0) is 9.59 Å². The van der Waals surface area contributed by atoms with Crippen molar-refractivity contribution >= 4 is 58.5 Å². The van der Waals surface area contributed by atoms with Gasteiger partial charge >= 0.3 is 0 Å². The highest BCUT2D eigenvalue weighted by Gasteiger charge is 2.17. The Labute approximate surface area is 258 Å². The number of carbonyl (C=O) groups is 3. The lowest BCUT2D eigenvalue weighted by Crippen LogP contribution is -2.30. The molecule has 4 aromatic carbocycles. The second-order valence-electron chi connectivity index (χ2n) is 9.24. The summed E-state index contributed by atoms with van der Waals surface area (Å²) in [4.78, 5) is 39.6. The van der Waals surface area contributed by atoms with Gasteiger partial charge in [0.25, 0.3) is 11.8 Å². The quantitative estimate of drug-likeness (QED) is 0.120. The van der Waals surface area contributed by atoms with Crippen LogP contribution in [0.4, 0.5) is 15.8 Å². The summed E-state index contributed by atoms with van der Waals surface area (Å²) in [6, 6.07) is 26.7. The number of ether oxygens (including phenoxy) is 1. The zero-order chi connectivity index (χ0) is 30.8. The van der Waals surface area contributed by atoms with Crippen molar-refractivity contribution in [2.24, 2.45) is 0 Å². The molecule has 3 amide bonds. The molecule has 4 aromatic rings. The predicted octanol–water partition coefficient (Wildman–Crippen LogP) is 7.41. The first-order chi connectivity index (χ1) is 20.7. The third kappa shape index (κ3) is 9.19. The van der Waals surface area contributed by atoms with E-state index in [-0.39, 0.29) is 16.6 Å². The number of amides is 3. The summed E-state index contributed by atoms with van der Waals surface area (Å²) < 4.78 is 18.9. The number of nitrogens with one attached hydrogen (secondary N) is 3. The minimum absolute atomic E-state index is 0.0580. The van der Waals surface area contributed by atoms with E-state index >= 15 is 0 Å². The van der Waals surface area contributed by atoms with E-state index in [0.717, 1.165) is 4.90 Å². The fourth-order valence-electron chi connectivity index (χ4n) is 3.83. The highest BCUT2D eigenvalue weighted by Crippen LogP contribution is 2.27. The van der Waals surface area contributed by atoms with E-state index in [2.05, 4.69) is 16.0 Å². The molecule has 43 heavy (non-hydrogen) atoms. The average Bonchev–Trinajstić information content (AvgIpc) is 3.01. The van der Waals surface area contributed by atoms with Gasteiger partial charge in [0.15, 0.2) is 0 Å². The first kappa shape index (κ1) is 31.3. The molecule has 0 saturated carbocycles. The van der Waals surface area contributed by atoms with Crippen molar-refractivity contribution in [3.05, 3.63) is 125 Å². The van der Waals surface area contributed by atoms with Gasteiger partial charge in [0, 0.05) is 21.8 Å². The lowest BCUT2D eigenvalue weighted by atomic mass is 10.1. The molecule has 0 aromatic heterocycles. The van der Waals surface area contributed by atoms with E-state index in [1.54, 1.807) is 91.9 Å². The second-order valence-corrected chi connectivity index (χ2v) is 11.1. The van der Waals surface area contributed by atoms with Crippen LogP contribution in [0.3, 0.4) is 0 Å². The molecule has 0 spiro atoms. The van der Waals surface area contributed by atoms with Gasteiger partial charge < -0.3 is 20.7 Å². The molecule has 3 N–H and O–H groups in total. The number of carbonyl (C=O) groups excluding carboxylic acids is 3. The molecule has 0 aliphatic heterocycles. The van der Waals surface area contributed by atoms with Crippen molar-refractivity contribution in [3.63, 3.8) is 0 Å². The number of anilines is 2. The normalized spacial score (nSPS) is 11.8. The highest BCUT2D eigenvalue weighted by atomic mass is 35.5. The molecule has 1 atom stereocenters. The lowest BCUT2D eigenvalue weighted by Gasteiger charge is -2.14. The van der Waals surface area contributed by atoms with E-state index in [4.69, 9.17) is 16.3 Å². The van der Waals surface area contributed by atoms with Gasteiger partial charge in [-0.25, -0.2) is 4.39 Å². The molecule has 0 bridgehead atoms. The Morgan fingerprint density at radius 3 is 2.23 bits per heavy atom. The highest BCUT2D eigenvalue weighted by molar-refractivity contribution is 8.00. The van der Waals surface area contributed by atoms with Crippen LogP contribution >= 0.6 is 23.4 Å². The summed E-state index contributed by atoms with van der Waals surface area (Å²) in [6.07, 6.45) is 1.59. The van der Waals surface area contributed by atoms with Crippen LogP contribution in [-0.4, -0.2) is 29.6 Å². The molecule has 4 rings (SSSR count). The Bertz CT molecular complexity index is 1610. The standard InChI is InChI=1S/C33H29ClFN3O4S/c1-3-42-26-14-9-22(10-15-26)19-30(38-32(40)23-7-5-4-6-8-23)33(41)36-24-11-16-27(17-12-24)43-21(2)31(39)37-25-13-18-29(35)28(34)20-25/h4-21H,3H2,1-2H3,(H,36,41)(H,37,39)(H,38,40)/b30-19-. The number of halogens is 2. The molecule has 10 heteroatoms. The summed E-state index contributed by atoms with van der Waals surface area (Å²) in [5, 5.41) is 7.71. The molecule has 0 radical (unpaired) electrons. The molecule has 0 saturated heterocycles. The Morgan fingerprint density at radius 2 is 1.58 bits per heavy atom. The first-order valence-electron chi connectivity index (χ1n) is 13.4. The van der Waals surface area contributed by atoms with E-state index in [1.807, 2.05) is 6.92 Å². The lowest BCUT2D eigenvalue weighted by molar-refractivity contribution is -0.115. The van der Waals surface area contributed by atoms with Gasteiger partial charge in [0.2, 0.25) is 5.91 Å². The van der Waals surface area contributed by atoms with Crippen molar-refractivity contribution in [3.8, 4) is 5.75 Å². The maximum atomic E-state index is 13.4. The van der Waals surface area contributed by atoms with Crippen LogP contribution in [0.25, 0.3) is 6.08 Å². The second kappa shape index (κ2) is 15.0. The summed E-state index contributed by atoms with van der Waals surface area (Å²) in [6.45, 7) is 4.17. The fraction of sp³-hybridized carbons (Fsp3) is 0.121. The molecule has 1 unspecified atom stereocenters. The molecule has 0 heterocycles. The van der Waals surface area contributed by atoms with E-state index < -0.39 is 22.9 Å². The van der Waals surface area contributed by atoms with Crippen molar-refractivity contribution in [1.82, 2.24) is 5.32 Å². The monoisotopic (exact) mass is 617 g/mol. The number of hydrogen-bond acceptors (Lipinski definition) is 5. The smallest absolute Gasteiger partial charge is 0.272 e. The van der Waals surface area contributed by atoms with E-state index in [0.29, 0.717) is 34.9 Å². The molecule has 220 valence electrons. The Hall–Kier alpha value is -4.60. The maximum absolute atomic E-state index is 13.4. The maximum Gasteiger partial charge on any atom is 0.272 e. The summed E-state index contributed by atoms with van der Waals surface area (Å²) in [5.41, 5.74) is 2.07. The Kier molecular flexibility index (Phi) is 11.0. The van der Waals surface area contributed by atoms with Gasteiger partial charge in [-0.2, -0.15) is 0 Å². The van der Waals surface area contributed by atoms with Crippen molar-refractivity contribution < 1.29 is 23.5 Å². The van der Waals surface area contributed by atoms with Crippen LogP contribution in [0.5, 0.6) is 5.75 Å². The van der Waals surface area contributed by atoms with E-state index in [1.165, 1.54) is 30.0 Å². The zero-order valence-electron chi connectivity index (χ0n) is 23.4. The first-order valence-corrected chi connectivity index (χ1v) is 14.6. The topological polar surface area (TPSA) is 96.5 Å². The van der Waals surface area contributed by atoms with Gasteiger partial charge in [-0.3, -0.25) is 14.4 Å². The third-order valence-electron chi connectivity index (χ3n) is 6.01. The number of hydrogen-bond donors (Lipinski definition) is 3. The summed E-state index contributed by atoms with van der Waals surface area (Å²) in [7, 11) is 0. The van der Waals surface area contributed by atoms with E-state index in [9.17, 15) is 18.8 Å². The summed E-state index contributed by atoms with van der Waals surface area (Å²) in [5.74, 6) is -1.07. The Morgan fingerprint density at radius 1 is 0.907 bits per heavy atom. The molecular weight excluding hydrogens is 589 g/mol.